The Morgan fingerprint density at radius 3 is 2.27 bits per heavy atom. The number of amides is 2. The Labute approximate surface area is 178 Å². The molecular weight excluding hydrogens is 382 g/mol. The quantitative estimate of drug-likeness (QED) is 0.463. The Hall–Kier alpha value is -3.06. The first-order chi connectivity index (χ1) is 14.5. The van der Waals surface area contributed by atoms with Crippen molar-refractivity contribution in [1.29, 1.82) is 0 Å². The number of carbonyl (C=O) groups excluding carboxylic acids is 2. The lowest BCUT2D eigenvalue weighted by molar-refractivity contribution is -0.114. The predicted molar refractivity (Wildman–Crippen MR) is 119 cm³/mol. The maximum atomic E-state index is 12.2. The molecule has 2 rings (SSSR count). The van der Waals surface area contributed by atoms with Gasteiger partial charge in [-0.1, -0.05) is 13.8 Å². The fraction of sp³-hybridized carbons (Fsp3) is 0.391. The van der Waals surface area contributed by atoms with Crippen LogP contribution in [0, 0.1) is 5.92 Å². The van der Waals surface area contributed by atoms with E-state index in [2.05, 4.69) is 29.8 Å². The van der Waals surface area contributed by atoms with Gasteiger partial charge in [-0.05, 0) is 60.9 Å². The van der Waals surface area contributed by atoms with Crippen molar-refractivity contribution >= 4 is 23.2 Å². The third kappa shape index (κ3) is 8.53. The highest BCUT2D eigenvalue weighted by Gasteiger charge is 2.06. The molecule has 7 nitrogen and oxygen atoms in total. The SMILES string of the molecule is COCCCNC(=O)c1ccc(NCC(=O)Nc2ccc(OCC(C)C)cc2)cc1. The second-order valence-electron chi connectivity index (χ2n) is 7.31. The molecule has 0 atom stereocenters. The minimum absolute atomic E-state index is 0.119. The molecule has 2 aromatic carbocycles. The molecule has 0 aromatic heterocycles. The molecule has 0 aliphatic carbocycles. The molecule has 0 fully saturated rings. The van der Waals surface area contributed by atoms with Crippen molar-refractivity contribution < 1.29 is 19.1 Å². The van der Waals surface area contributed by atoms with Crippen molar-refractivity contribution in [2.75, 3.05) is 44.0 Å². The van der Waals surface area contributed by atoms with E-state index in [0.29, 0.717) is 36.9 Å². The Bertz CT molecular complexity index is 789. The molecule has 162 valence electrons. The normalized spacial score (nSPS) is 10.5. The number of hydrogen-bond donors (Lipinski definition) is 3. The maximum absolute atomic E-state index is 12.2. The first-order valence-electron chi connectivity index (χ1n) is 10.1. The number of methoxy groups -OCH3 is 1. The van der Waals surface area contributed by atoms with E-state index in [1.807, 2.05) is 24.3 Å². The zero-order valence-electron chi connectivity index (χ0n) is 17.9. The van der Waals surface area contributed by atoms with Gasteiger partial charge in [-0.2, -0.15) is 0 Å². The monoisotopic (exact) mass is 413 g/mol. The van der Waals surface area contributed by atoms with Crippen LogP contribution < -0.4 is 20.7 Å². The number of nitrogens with one attached hydrogen (secondary N) is 3. The van der Waals surface area contributed by atoms with Gasteiger partial charge >= 0.3 is 0 Å². The number of ether oxygens (including phenoxy) is 2. The van der Waals surface area contributed by atoms with Crippen LogP contribution in [-0.2, 0) is 9.53 Å². The van der Waals surface area contributed by atoms with Crippen molar-refractivity contribution in [3.8, 4) is 5.75 Å². The van der Waals surface area contributed by atoms with E-state index in [-0.39, 0.29) is 18.4 Å². The summed E-state index contributed by atoms with van der Waals surface area (Å²) in [6, 6.07) is 14.3. The summed E-state index contributed by atoms with van der Waals surface area (Å²) in [6.07, 6.45) is 0.769. The molecule has 2 amide bonds. The maximum Gasteiger partial charge on any atom is 0.251 e. The molecule has 0 bridgehead atoms. The van der Waals surface area contributed by atoms with Crippen LogP contribution in [-0.4, -0.2) is 45.2 Å². The second kappa shape index (κ2) is 12.5. The molecule has 0 aliphatic rings. The Balaban J connectivity index is 1.74. The third-order valence-electron chi connectivity index (χ3n) is 4.13. The number of carbonyl (C=O) groups is 2. The number of hydrogen-bond acceptors (Lipinski definition) is 5. The lowest BCUT2D eigenvalue weighted by Gasteiger charge is -2.11. The van der Waals surface area contributed by atoms with Crippen molar-refractivity contribution in [3.63, 3.8) is 0 Å². The Morgan fingerprint density at radius 1 is 0.967 bits per heavy atom. The number of anilines is 2. The molecule has 0 saturated carbocycles. The van der Waals surface area contributed by atoms with E-state index in [4.69, 9.17) is 9.47 Å². The van der Waals surface area contributed by atoms with Crippen molar-refractivity contribution in [2.24, 2.45) is 5.92 Å². The van der Waals surface area contributed by atoms with Crippen LogP contribution in [0.15, 0.2) is 48.5 Å². The lowest BCUT2D eigenvalue weighted by Crippen LogP contribution is -2.25. The van der Waals surface area contributed by atoms with Crippen LogP contribution in [0.1, 0.15) is 30.6 Å². The van der Waals surface area contributed by atoms with Gasteiger partial charge in [-0.3, -0.25) is 9.59 Å². The Kier molecular flexibility index (Phi) is 9.67. The summed E-state index contributed by atoms with van der Waals surface area (Å²) in [7, 11) is 1.63. The molecule has 0 unspecified atom stereocenters. The van der Waals surface area contributed by atoms with Crippen LogP contribution in [0.3, 0.4) is 0 Å². The molecule has 0 spiro atoms. The van der Waals surface area contributed by atoms with E-state index in [1.54, 1.807) is 31.4 Å². The summed E-state index contributed by atoms with van der Waals surface area (Å²) in [4.78, 5) is 24.2. The molecule has 2 aromatic rings. The average Bonchev–Trinajstić information content (AvgIpc) is 2.75. The highest BCUT2D eigenvalue weighted by Crippen LogP contribution is 2.16. The predicted octanol–water partition coefficient (Wildman–Crippen LogP) is 3.54. The minimum Gasteiger partial charge on any atom is -0.493 e. The number of benzene rings is 2. The van der Waals surface area contributed by atoms with E-state index < -0.39 is 0 Å². The van der Waals surface area contributed by atoms with Crippen molar-refractivity contribution in [3.05, 3.63) is 54.1 Å². The van der Waals surface area contributed by atoms with Crippen LogP contribution in [0.5, 0.6) is 5.75 Å². The van der Waals surface area contributed by atoms with E-state index in [1.165, 1.54) is 0 Å². The summed E-state index contributed by atoms with van der Waals surface area (Å²) in [5, 5.41) is 8.72. The van der Waals surface area contributed by atoms with Gasteiger partial charge in [0.15, 0.2) is 0 Å². The molecule has 0 radical (unpaired) electrons. The molecule has 0 saturated heterocycles. The average molecular weight is 414 g/mol. The standard InChI is InChI=1S/C23H31N3O4/c1-17(2)16-30-21-11-9-20(10-12-21)26-22(27)15-25-19-7-5-18(6-8-19)23(28)24-13-4-14-29-3/h5-12,17,25H,4,13-16H2,1-3H3,(H,24,28)(H,26,27). The van der Waals surface area contributed by atoms with Gasteiger partial charge in [0.1, 0.15) is 5.75 Å². The van der Waals surface area contributed by atoms with Crippen LogP contribution in [0.25, 0.3) is 0 Å². The first-order valence-corrected chi connectivity index (χ1v) is 10.1. The fourth-order valence-electron chi connectivity index (χ4n) is 2.54. The summed E-state index contributed by atoms with van der Waals surface area (Å²) in [5.41, 5.74) is 2.04. The van der Waals surface area contributed by atoms with Gasteiger partial charge < -0.3 is 25.4 Å². The summed E-state index contributed by atoms with van der Waals surface area (Å²) < 4.78 is 10.6. The Morgan fingerprint density at radius 2 is 1.63 bits per heavy atom. The summed E-state index contributed by atoms with van der Waals surface area (Å²) in [5.74, 6) is 0.949. The van der Waals surface area contributed by atoms with Crippen LogP contribution in [0.4, 0.5) is 11.4 Å². The third-order valence-corrected chi connectivity index (χ3v) is 4.13. The van der Waals surface area contributed by atoms with E-state index in [9.17, 15) is 9.59 Å². The van der Waals surface area contributed by atoms with E-state index in [0.717, 1.165) is 17.9 Å². The first kappa shape index (κ1) is 23.2. The van der Waals surface area contributed by atoms with Gasteiger partial charge in [0.2, 0.25) is 5.91 Å². The largest absolute Gasteiger partial charge is 0.493 e. The van der Waals surface area contributed by atoms with Crippen LogP contribution in [0.2, 0.25) is 0 Å². The van der Waals surface area contributed by atoms with Gasteiger partial charge in [-0.15, -0.1) is 0 Å². The zero-order chi connectivity index (χ0) is 21.8. The van der Waals surface area contributed by atoms with Gasteiger partial charge in [-0.25, -0.2) is 0 Å². The summed E-state index contributed by atoms with van der Waals surface area (Å²) in [6.45, 7) is 6.14. The van der Waals surface area contributed by atoms with Crippen molar-refractivity contribution in [1.82, 2.24) is 5.32 Å². The van der Waals surface area contributed by atoms with E-state index >= 15 is 0 Å². The molecular formula is C23H31N3O4. The van der Waals surface area contributed by atoms with Gasteiger partial charge in [0.25, 0.3) is 5.91 Å². The van der Waals surface area contributed by atoms with Gasteiger partial charge in [0, 0.05) is 37.2 Å². The van der Waals surface area contributed by atoms with Gasteiger partial charge in [0.05, 0.1) is 13.2 Å². The lowest BCUT2D eigenvalue weighted by atomic mass is 10.2. The molecule has 3 N–H and O–H groups in total. The fourth-order valence-corrected chi connectivity index (χ4v) is 2.54. The highest BCUT2D eigenvalue weighted by molar-refractivity contribution is 5.95. The molecule has 0 aliphatic heterocycles. The minimum atomic E-state index is -0.161. The molecule has 30 heavy (non-hydrogen) atoms. The second-order valence-corrected chi connectivity index (χ2v) is 7.31. The van der Waals surface area contributed by atoms with Crippen molar-refractivity contribution in [2.45, 2.75) is 20.3 Å². The molecule has 0 heterocycles. The topological polar surface area (TPSA) is 88.7 Å². The number of rotatable bonds is 12. The summed E-state index contributed by atoms with van der Waals surface area (Å²) >= 11 is 0. The highest BCUT2D eigenvalue weighted by atomic mass is 16.5. The zero-order valence-corrected chi connectivity index (χ0v) is 17.9. The van der Waals surface area contributed by atoms with Crippen LogP contribution >= 0.6 is 0 Å². The molecule has 7 heteroatoms. The smallest absolute Gasteiger partial charge is 0.251 e.